The van der Waals surface area contributed by atoms with Crippen molar-refractivity contribution in [1.29, 1.82) is 0 Å². The van der Waals surface area contributed by atoms with Gasteiger partial charge in [0.05, 0.1) is 0 Å². The first kappa shape index (κ1) is 9.83. The summed E-state index contributed by atoms with van der Waals surface area (Å²) in [7, 11) is 0. The Morgan fingerprint density at radius 3 is 2.93 bits per heavy atom. The Kier molecular flexibility index (Phi) is 2.49. The molecule has 2 rings (SSSR count). The summed E-state index contributed by atoms with van der Waals surface area (Å²) in [5, 5.41) is 0. The van der Waals surface area contributed by atoms with Gasteiger partial charge in [0.25, 0.3) is 5.91 Å². The molecule has 1 amide bonds. The number of rotatable bonds is 4. The number of hydrogen-bond acceptors (Lipinski definition) is 2. The molecule has 3 N–H and O–H groups in total. The summed E-state index contributed by atoms with van der Waals surface area (Å²) in [6.45, 7) is 4.26. The van der Waals surface area contributed by atoms with Crippen LogP contribution in [0.5, 0.6) is 0 Å². The highest BCUT2D eigenvalue weighted by Gasteiger charge is 2.32. The highest BCUT2D eigenvalue weighted by Crippen LogP contribution is 2.28. The highest BCUT2D eigenvalue weighted by atomic mass is 16.2. The molecule has 1 aliphatic rings. The number of carbonyl (C=O) groups excluding carboxylic acids is 1. The van der Waals surface area contributed by atoms with Gasteiger partial charge in [0.2, 0.25) is 0 Å². The zero-order valence-electron chi connectivity index (χ0n) is 8.57. The minimum atomic E-state index is 0.00843. The Hall–Kier alpha value is -1.71. The molecule has 0 bridgehead atoms. The normalized spacial score (nSPS) is 14.9. The molecule has 0 spiro atoms. The third kappa shape index (κ3) is 2.03. The molecule has 1 saturated carbocycles. The van der Waals surface area contributed by atoms with Crippen molar-refractivity contribution in [2.75, 3.05) is 12.3 Å². The van der Waals surface area contributed by atoms with Crippen molar-refractivity contribution < 1.29 is 4.79 Å². The van der Waals surface area contributed by atoms with E-state index >= 15 is 0 Å². The lowest BCUT2D eigenvalue weighted by molar-refractivity contribution is 0.0757. The molecular formula is C11H15N3O. The zero-order chi connectivity index (χ0) is 10.8. The van der Waals surface area contributed by atoms with E-state index in [-0.39, 0.29) is 5.91 Å². The Bertz CT molecular complexity index is 379. The smallest absolute Gasteiger partial charge is 0.270 e. The molecule has 1 fully saturated rings. The van der Waals surface area contributed by atoms with Crippen molar-refractivity contribution in [1.82, 2.24) is 9.88 Å². The first-order valence-corrected chi connectivity index (χ1v) is 5.08. The van der Waals surface area contributed by atoms with Crippen LogP contribution in [0.15, 0.2) is 24.9 Å². The average molecular weight is 205 g/mol. The maximum atomic E-state index is 12.0. The first-order valence-electron chi connectivity index (χ1n) is 5.08. The van der Waals surface area contributed by atoms with Crippen LogP contribution in [0.4, 0.5) is 5.69 Å². The van der Waals surface area contributed by atoms with Crippen LogP contribution in [-0.2, 0) is 0 Å². The van der Waals surface area contributed by atoms with Crippen molar-refractivity contribution in [3.63, 3.8) is 0 Å². The van der Waals surface area contributed by atoms with Gasteiger partial charge in [-0.3, -0.25) is 4.79 Å². The van der Waals surface area contributed by atoms with Crippen LogP contribution in [0.3, 0.4) is 0 Å². The Morgan fingerprint density at radius 1 is 1.73 bits per heavy atom. The number of H-pyrrole nitrogens is 1. The van der Waals surface area contributed by atoms with Gasteiger partial charge >= 0.3 is 0 Å². The molecule has 0 aromatic carbocycles. The first-order chi connectivity index (χ1) is 7.22. The van der Waals surface area contributed by atoms with E-state index in [2.05, 4.69) is 11.6 Å². The fraction of sp³-hybridized carbons (Fsp3) is 0.364. The number of nitrogens with zero attached hydrogens (tertiary/aromatic N) is 1. The average Bonchev–Trinajstić information content (AvgIpc) is 2.96. The largest absolute Gasteiger partial charge is 0.397 e. The zero-order valence-corrected chi connectivity index (χ0v) is 8.57. The maximum absolute atomic E-state index is 12.0. The van der Waals surface area contributed by atoms with Gasteiger partial charge < -0.3 is 15.6 Å². The van der Waals surface area contributed by atoms with Crippen molar-refractivity contribution in [2.45, 2.75) is 18.9 Å². The fourth-order valence-corrected chi connectivity index (χ4v) is 1.61. The van der Waals surface area contributed by atoms with E-state index in [4.69, 9.17) is 5.73 Å². The maximum Gasteiger partial charge on any atom is 0.270 e. The third-order valence-electron chi connectivity index (χ3n) is 2.51. The Labute approximate surface area is 88.8 Å². The number of carbonyl (C=O) groups is 1. The minimum absolute atomic E-state index is 0.00843. The number of nitrogens with two attached hydrogens (primary N) is 1. The van der Waals surface area contributed by atoms with Crippen molar-refractivity contribution in [3.05, 3.63) is 30.6 Å². The summed E-state index contributed by atoms with van der Waals surface area (Å²) < 4.78 is 0. The summed E-state index contributed by atoms with van der Waals surface area (Å²) in [6.07, 6.45) is 5.57. The fourth-order valence-electron chi connectivity index (χ4n) is 1.61. The lowest BCUT2D eigenvalue weighted by Gasteiger charge is -2.19. The van der Waals surface area contributed by atoms with Gasteiger partial charge in [-0.25, -0.2) is 0 Å². The van der Waals surface area contributed by atoms with Crippen LogP contribution in [0.1, 0.15) is 23.3 Å². The molecule has 0 radical (unpaired) electrons. The van der Waals surface area contributed by atoms with E-state index in [0.29, 0.717) is 24.0 Å². The van der Waals surface area contributed by atoms with E-state index < -0.39 is 0 Å². The van der Waals surface area contributed by atoms with Gasteiger partial charge in [-0.2, -0.15) is 0 Å². The van der Waals surface area contributed by atoms with E-state index in [0.717, 1.165) is 12.8 Å². The van der Waals surface area contributed by atoms with Crippen LogP contribution in [0, 0.1) is 0 Å². The molecule has 1 aromatic heterocycles. The van der Waals surface area contributed by atoms with Crippen molar-refractivity contribution >= 4 is 11.6 Å². The monoisotopic (exact) mass is 205 g/mol. The number of nitrogen functional groups attached to an aromatic ring is 1. The van der Waals surface area contributed by atoms with Crippen LogP contribution >= 0.6 is 0 Å². The molecule has 4 nitrogen and oxygen atoms in total. The predicted molar refractivity (Wildman–Crippen MR) is 59.5 cm³/mol. The lowest BCUT2D eigenvalue weighted by Crippen LogP contribution is -2.33. The second-order valence-electron chi connectivity index (χ2n) is 3.82. The second kappa shape index (κ2) is 3.81. The Balaban J connectivity index is 2.13. The molecular weight excluding hydrogens is 190 g/mol. The van der Waals surface area contributed by atoms with Crippen LogP contribution in [0.2, 0.25) is 0 Å². The molecule has 0 atom stereocenters. The number of aromatic nitrogens is 1. The molecule has 1 aromatic rings. The van der Waals surface area contributed by atoms with E-state index in [1.54, 1.807) is 18.3 Å². The van der Waals surface area contributed by atoms with Gasteiger partial charge in [0.15, 0.2) is 0 Å². The third-order valence-corrected chi connectivity index (χ3v) is 2.51. The van der Waals surface area contributed by atoms with E-state index in [1.807, 2.05) is 4.90 Å². The standard InChI is InChI=1S/C11H15N3O/c1-2-5-14(9-3-4-9)11(15)10-6-8(12)7-13-10/h2,6-7,9,13H,1,3-5,12H2. The molecule has 80 valence electrons. The summed E-state index contributed by atoms with van der Waals surface area (Å²) in [6, 6.07) is 2.06. The molecule has 1 aliphatic carbocycles. The molecule has 4 heteroatoms. The quantitative estimate of drug-likeness (QED) is 0.729. The summed E-state index contributed by atoms with van der Waals surface area (Å²) in [5.41, 5.74) is 6.71. The number of aromatic amines is 1. The predicted octanol–water partition coefficient (Wildman–Crippen LogP) is 1.39. The topological polar surface area (TPSA) is 62.1 Å². The van der Waals surface area contributed by atoms with Crippen LogP contribution < -0.4 is 5.73 Å². The van der Waals surface area contributed by atoms with Gasteiger partial charge in [0.1, 0.15) is 5.69 Å². The molecule has 0 unspecified atom stereocenters. The number of nitrogens with one attached hydrogen (secondary N) is 1. The molecule has 15 heavy (non-hydrogen) atoms. The lowest BCUT2D eigenvalue weighted by atomic mass is 10.3. The number of anilines is 1. The summed E-state index contributed by atoms with van der Waals surface area (Å²) >= 11 is 0. The van der Waals surface area contributed by atoms with Crippen molar-refractivity contribution in [2.24, 2.45) is 0 Å². The summed E-state index contributed by atoms with van der Waals surface area (Å²) in [4.78, 5) is 16.7. The van der Waals surface area contributed by atoms with Gasteiger partial charge in [-0.1, -0.05) is 6.08 Å². The Morgan fingerprint density at radius 2 is 2.47 bits per heavy atom. The van der Waals surface area contributed by atoms with Crippen molar-refractivity contribution in [3.8, 4) is 0 Å². The molecule has 0 aliphatic heterocycles. The van der Waals surface area contributed by atoms with Gasteiger partial charge in [0, 0.05) is 24.5 Å². The van der Waals surface area contributed by atoms with E-state index in [1.165, 1.54) is 0 Å². The number of amides is 1. The van der Waals surface area contributed by atoms with E-state index in [9.17, 15) is 4.79 Å². The second-order valence-corrected chi connectivity index (χ2v) is 3.82. The number of hydrogen-bond donors (Lipinski definition) is 2. The highest BCUT2D eigenvalue weighted by molar-refractivity contribution is 5.93. The van der Waals surface area contributed by atoms with Gasteiger partial charge in [-0.15, -0.1) is 6.58 Å². The van der Waals surface area contributed by atoms with Crippen LogP contribution in [-0.4, -0.2) is 28.4 Å². The SMILES string of the molecule is C=CCN(C(=O)c1cc(N)c[nH]1)C1CC1. The minimum Gasteiger partial charge on any atom is -0.397 e. The molecule has 0 saturated heterocycles. The summed E-state index contributed by atoms with van der Waals surface area (Å²) in [5.74, 6) is 0.00843. The molecule has 1 heterocycles. The van der Waals surface area contributed by atoms with Gasteiger partial charge in [-0.05, 0) is 18.9 Å². The van der Waals surface area contributed by atoms with Crippen LogP contribution in [0.25, 0.3) is 0 Å².